The first-order valence-corrected chi connectivity index (χ1v) is 7.17. The van der Waals surface area contributed by atoms with Crippen LogP contribution in [-0.4, -0.2) is 12.5 Å². The molecule has 0 heterocycles. The lowest BCUT2D eigenvalue weighted by Gasteiger charge is -2.14. The highest BCUT2D eigenvalue weighted by Gasteiger charge is 2.33. The van der Waals surface area contributed by atoms with Gasteiger partial charge in [0, 0.05) is 15.7 Å². The van der Waals surface area contributed by atoms with Crippen LogP contribution in [0.1, 0.15) is 5.56 Å². The fraction of sp³-hybridized carbons (Fsp3) is 0.133. The van der Waals surface area contributed by atoms with Crippen LogP contribution in [0.15, 0.2) is 42.5 Å². The Morgan fingerprint density at radius 3 is 2.26 bits per heavy atom. The minimum Gasteiger partial charge on any atom is -0.376 e. The molecule has 2 aromatic carbocycles. The number of halogens is 5. The molecule has 2 rings (SSSR count). The highest BCUT2D eigenvalue weighted by molar-refractivity contribution is 6.35. The standard InChI is InChI=1S/C15H11Cl2F3N2O/c16-9-5-10(17)7-11(6-9)21-8-14(23)22-13-4-2-1-3-12(13)15(18,19)20/h1-7,21H,8H2,(H,22,23). The summed E-state index contributed by atoms with van der Waals surface area (Å²) in [5, 5.41) is 5.73. The molecule has 2 aromatic rings. The molecule has 0 saturated carbocycles. The molecule has 0 aliphatic heterocycles. The van der Waals surface area contributed by atoms with E-state index in [9.17, 15) is 18.0 Å². The molecule has 23 heavy (non-hydrogen) atoms. The van der Waals surface area contributed by atoms with Crippen LogP contribution in [0.25, 0.3) is 0 Å². The van der Waals surface area contributed by atoms with Gasteiger partial charge in [0.25, 0.3) is 0 Å². The summed E-state index contributed by atoms with van der Waals surface area (Å²) in [6.45, 7) is -0.233. The Morgan fingerprint density at radius 2 is 1.65 bits per heavy atom. The van der Waals surface area contributed by atoms with Gasteiger partial charge in [-0.2, -0.15) is 13.2 Å². The highest BCUT2D eigenvalue weighted by Crippen LogP contribution is 2.34. The van der Waals surface area contributed by atoms with Crippen molar-refractivity contribution in [2.75, 3.05) is 17.2 Å². The van der Waals surface area contributed by atoms with Crippen molar-refractivity contribution in [1.82, 2.24) is 0 Å². The first kappa shape index (κ1) is 17.4. The molecule has 2 N–H and O–H groups in total. The lowest BCUT2D eigenvalue weighted by Crippen LogP contribution is -2.23. The summed E-state index contributed by atoms with van der Waals surface area (Å²) in [5.74, 6) is -0.627. The second-order valence-corrected chi connectivity index (χ2v) is 5.48. The Balaban J connectivity index is 2.03. The second-order valence-electron chi connectivity index (χ2n) is 4.60. The molecule has 3 nitrogen and oxygen atoms in total. The fourth-order valence-corrected chi connectivity index (χ4v) is 2.40. The molecule has 1 amide bonds. The summed E-state index contributed by atoms with van der Waals surface area (Å²) in [4.78, 5) is 11.8. The van der Waals surface area contributed by atoms with Gasteiger partial charge in [0.1, 0.15) is 0 Å². The van der Waals surface area contributed by atoms with E-state index in [0.29, 0.717) is 15.7 Å². The number of hydrogen-bond acceptors (Lipinski definition) is 2. The van der Waals surface area contributed by atoms with Gasteiger partial charge in [-0.1, -0.05) is 35.3 Å². The molecule has 0 radical (unpaired) electrons. The van der Waals surface area contributed by atoms with Gasteiger partial charge in [0.2, 0.25) is 5.91 Å². The lowest BCUT2D eigenvalue weighted by atomic mass is 10.1. The van der Waals surface area contributed by atoms with E-state index in [-0.39, 0.29) is 12.2 Å². The van der Waals surface area contributed by atoms with Gasteiger partial charge in [-0.15, -0.1) is 0 Å². The van der Waals surface area contributed by atoms with E-state index >= 15 is 0 Å². The van der Waals surface area contributed by atoms with Crippen LogP contribution in [0.2, 0.25) is 10.0 Å². The van der Waals surface area contributed by atoms with E-state index in [1.807, 2.05) is 0 Å². The smallest absolute Gasteiger partial charge is 0.376 e. The maximum atomic E-state index is 12.8. The van der Waals surface area contributed by atoms with Crippen molar-refractivity contribution < 1.29 is 18.0 Å². The predicted octanol–water partition coefficient (Wildman–Crippen LogP) is 5.06. The zero-order valence-electron chi connectivity index (χ0n) is 11.5. The molecule has 0 aliphatic carbocycles. The van der Waals surface area contributed by atoms with Gasteiger partial charge in [0.15, 0.2) is 0 Å². The van der Waals surface area contributed by atoms with Crippen molar-refractivity contribution in [3.8, 4) is 0 Å². The lowest BCUT2D eigenvalue weighted by molar-refractivity contribution is -0.137. The number of para-hydroxylation sites is 1. The Morgan fingerprint density at radius 1 is 1.04 bits per heavy atom. The average Bonchev–Trinajstić information content (AvgIpc) is 2.43. The number of anilines is 2. The summed E-state index contributed by atoms with van der Waals surface area (Å²) >= 11 is 11.6. The van der Waals surface area contributed by atoms with E-state index in [0.717, 1.165) is 6.07 Å². The Bertz CT molecular complexity index is 700. The van der Waals surface area contributed by atoms with Gasteiger partial charge in [0.05, 0.1) is 17.8 Å². The summed E-state index contributed by atoms with van der Waals surface area (Å²) in [6, 6.07) is 9.37. The van der Waals surface area contributed by atoms with E-state index < -0.39 is 17.6 Å². The van der Waals surface area contributed by atoms with Gasteiger partial charge in [-0.3, -0.25) is 4.79 Å². The third-order valence-corrected chi connectivity index (χ3v) is 3.26. The SMILES string of the molecule is O=C(CNc1cc(Cl)cc(Cl)c1)Nc1ccccc1C(F)(F)F. The Kier molecular flexibility index (Phi) is 5.38. The molecule has 0 aliphatic rings. The molecule has 0 bridgehead atoms. The monoisotopic (exact) mass is 362 g/mol. The van der Waals surface area contributed by atoms with Crippen molar-refractivity contribution >= 4 is 40.5 Å². The Hall–Kier alpha value is -1.92. The maximum absolute atomic E-state index is 12.8. The van der Waals surface area contributed by atoms with Crippen LogP contribution < -0.4 is 10.6 Å². The largest absolute Gasteiger partial charge is 0.418 e. The van der Waals surface area contributed by atoms with Crippen LogP contribution in [0.5, 0.6) is 0 Å². The molecule has 0 fully saturated rings. The highest BCUT2D eigenvalue weighted by atomic mass is 35.5. The van der Waals surface area contributed by atoms with Crippen molar-refractivity contribution in [3.63, 3.8) is 0 Å². The van der Waals surface area contributed by atoms with Gasteiger partial charge in [-0.25, -0.2) is 0 Å². The van der Waals surface area contributed by atoms with Gasteiger partial charge in [-0.05, 0) is 30.3 Å². The van der Waals surface area contributed by atoms with Crippen LogP contribution >= 0.6 is 23.2 Å². The van der Waals surface area contributed by atoms with Gasteiger partial charge < -0.3 is 10.6 Å². The number of nitrogens with one attached hydrogen (secondary N) is 2. The number of benzene rings is 2. The first-order chi connectivity index (χ1) is 10.8. The van der Waals surface area contributed by atoms with E-state index in [2.05, 4.69) is 10.6 Å². The molecule has 122 valence electrons. The van der Waals surface area contributed by atoms with Gasteiger partial charge >= 0.3 is 6.18 Å². The summed E-state index contributed by atoms with van der Waals surface area (Å²) < 4.78 is 38.5. The van der Waals surface area contributed by atoms with Crippen molar-refractivity contribution in [2.24, 2.45) is 0 Å². The molecule has 0 unspecified atom stereocenters. The summed E-state index contributed by atoms with van der Waals surface area (Å²) in [7, 11) is 0. The topological polar surface area (TPSA) is 41.1 Å². The molecular weight excluding hydrogens is 352 g/mol. The maximum Gasteiger partial charge on any atom is 0.418 e. The van der Waals surface area contributed by atoms with Crippen LogP contribution in [0.3, 0.4) is 0 Å². The number of hydrogen-bond donors (Lipinski definition) is 2. The average molecular weight is 363 g/mol. The van der Waals surface area contributed by atoms with Crippen LogP contribution in [0, 0.1) is 0 Å². The van der Waals surface area contributed by atoms with Crippen molar-refractivity contribution in [3.05, 3.63) is 58.1 Å². The third-order valence-electron chi connectivity index (χ3n) is 2.82. The molecule has 0 aromatic heterocycles. The van der Waals surface area contributed by atoms with E-state index in [1.54, 1.807) is 12.1 Å². The molecule has 0 atom stereocenters. The zero-order valence-corrected chi connectivity index (χ0v) is 13.1. The minimum absolute atomic E-state index is 0.233. The Labute approximate surface area is 140 Å². The quantitative estimate of drug-likeness (QED) is 0.797. The number of carbonyl (C=O) groups is 1. The summed E-state index contributed by atoms with van der Waals surface area (Å²) in [5.41, 5.74) is -0.711. The molecule has 8 heteroatoms. The molecule has 0 spiro atoms. The second kappa shape index (κ2) is 7.10. The normalized spacial score (nSPS) is 11.2. The molecule has 0 saturated heterocycles. The number of amides is 1. The first-order valence-electron chi connectivity index (χ1n) is 6.42. The summed E-state index contributed by atoms with van der Waals surface area (Å²) in [6.07, 6.45) is -4.54. The van der Waals surface area contributed by atoms with Crippen LogP contribution in [0.4, 0.5) is 24.5 Å². The number of carbonyl (C=O) groups excluding carboxylic acids is 1. The van der Waals surface area contributed by atoms with Crippen molar-refractivity contribution in [2.45, 2.75) is 6.18 Å². The predicted molar refractivity (Wildman–Crippen MR) is 85.0 cm³/mol. The van der Waals surface area contributed by atoms with Crippen molar-refractivity contribution in [1.29, 1.82) is 0 Å². The number of alkyl halides is 3. The minimum atomic E-state index is -4.54. The third kappa shape index (κ3) is 5.04. The van der Waals surface area contributed by atoms with E-state index in [1.165, 1.54) is 24.3 Å². The fourth-order valence-electron chi connectivity index (χ4n) is 1.87. The number of rotatable bonds is 4. The van der Waals surface area contributed by atoms with Crippen LogP contribution in [-0.2, 0) is 11.0 Å². The van der Waals surface area contributed by atoms with E-state index in [4.69, 9.17) is 23.2 Å². The molecular formula is C15H11Cl2F3N2O. The zero-order chi connectivity index (χ0) is 17.0.